The van der Waals surface area contributed by atoms with Crippen LogP contribution in [0.25, 0.3) is 0 Å². The molecule has 1 aliphatic carbocycles. The molecule has 0 spiro atoms. The molecule has 0 aliphatic heterocycles. The average molecular weight is 315 g/mol. The maximum atomic E-state index is 11.6. The minimum absolute atomic E-state index is 0.0370. The topological polar surface area (TPSA) is 74.6 Å². The van der Waals surface area contributed by atoms with Crippen molar-refractivity contribution in [1.29, 1.82) is 0 Å². The van der Waals surface area contributed by atoms with Gasteiger partial charge in [0.25, 0.3) is 10.0 Å². The summed E-state index contributed by atoms with van der Waals surface area (Å²) in [5.41, 5.74) is 0.215. The van der Waals surface area contributed by atoms with Crippen molar-refractivity contribution >= 4 is 10.0 Å². The lowest BCUT2D eigenvalue weighted by Gasteiger charge is -2.36. The Morgan fingerprint density at radius 3 is 2.52 bits per heavy atom. The van der Waals surface area contributed by atoms with E-state index < -0.39 is 10.0 Å². The van der Waals surface area contributed by atoms with Gasteiger partial charge in [0.15, 0.2) is 0 Å². The van der Waals surface area contributed by atoms with Gasteiger partial charge in [0, 0.05) is 12.1 Å². The van der Waals surface area contributed by atoms with Crippen LogP contribution < -0.4 is 10.0 Å². The Labute approximate surface area is 126 Å². The molecule has 0 bridgehead atoms. The summed E-state index contributed by atoms with van der Waals surface area (Å²) in [5.74, 6) is 0.635. The van der Waals surface area contributed by atoms with Crippen LogP contribution in [0.2, 0.25) is 0 Å². The maximum Gasteiger partial charge on any atom is 0.273 e. The minimum Gasteiger partial charge on any atom is -0.447 e. The molecule has 0 unspecified atom stereocenters. The number of nitrogens with one attached hydrogen (secondary N) is 2. The van der Waals surface area contributed by atoms with Crippen LogP contribution in [0.4, 0.5) is 0 Å². The summed E-state index contributed by atoms with van der Waals surface area (Å²) in [6.07, 6.45) is 4.94. The number of rotatable bonds is 7. The van der Waals surface area contributed by atoms with Gasteiger partial charge < -0.3 is 14.6 Å². The van der Waals surface area contributed by atoms with Crippen molar-refractivity contribution in [2.45, 2.75) is 42.9 Å². The number of furan rings is 1. The van der Waals surface area contributed by atoms with E-state index in [2.05, 4.69) is 29.0 Å². The molecule has 7 heteroatoms. The molecule has 1 fully saturated rings. The van der Waals surface area contributed by atoms with E-state index in [9.17, 15) is 8.42 Å². The summed E-state index contributed by atoms with van der Waals surface area (Å²) >= 11 is 0. The Kier molecular flexibility index (Phi) is 5.08. The third-order valence-corrected chi connectivity index (χ3v) is 5.69. The van der Waals surface area contributed by atoms with Gasteiger partial charge in [0.05, 0.1) is 6.54 Å². The molecule has 6 nitrogen and oxygen atoms in total. The predicted molar refractivity (Wildman–Crippen MR) is 81.5 cm³/mol. The second-order valence-electron chi connectivity index (χ2n) is 5.86. The summed E-state index contributed by atoms with van der Waals surface area (Å²) in [5, 5.41) is 3.36. The first-order valence-electron chi connectivity index (χ1n) is 7.30. The van der Waals surface area contributed by atoms with Crippen molar-refractivity contribution in [3.8, 4) is 0 Å². The molecule has 2 N–H and O–H groups in total. The van der Waals surface area contributed by atoms with Gasteiger partial charge in [-0.1, -0.05) is 12.8 Å². The lowest BCUT2D eigenvalue weighted by molar-refractivity contribution is 0.152. The average Bonchev–Trinajstić information content (AvgIpc) is 3.09. The first-order valence-corrected chi connectivity index (χ1v) is 8.78. The number of sulfonamides is 1. The molecular formula is C14H25N3O3S. The number of hydrogen-bond acceptors (Lipinski definition) is 5. The van der Waals surface area contributed by atoms with Gasteiger partial charge in [-0.05, 0) is 46.1 Å². The fraction of sp³-hybridized carbons (Fsp3) is 0.714. The Bertz CT molecular complexity index is 560. The van der Waals surface area contributed by atoms with Crippen molar-refractivity contribution in [2.75, 3.05) is 27.7 Å². The molecular weight excluding hydrogens is 290 g/mol. The number of hydrogen-bond donors (Lipinski definition) is 2. The van der Waals surface area contributed by atoms with E-state index in [1.807, 2.05) is 0 Å². The molecule has 0 saturated heterocycles. The van der Waals surface area contributed by atoms with Gasteiger partial charge in [-0.15, -0.1) is 0 Å². The predicted octanol–water partition coefficient (Wildman–Crippen LogP) is 1.15. The Balaban J connectivity index is 1.92. The molecule has 0 aromatic carbocycles. The van der Waals surface area contributed by atoms with E-state index in [4.69, 9.17) is 4.42 Å². The molecule has 1 aliphatic rings. The molecule has 1 aromatic rings. The van der Waals surface area contributed by atoms with Crippen LogP contribution in [0, 0.1) is 0 Å². The van der Waals surface area contributed by atoms with Crippen LogP contribution in [0.5, 0.6) is 0 Å². The molecule has 1 saturated carbocycles. The molecule has 0 atom stereocenters. The zero-order chi connectivity index (χ0) is 15.5. The zero-order valence-electron chi connectivity index (χ0n) is 13.0. The lowest BCUT2D eigenvalue weighted by Crippen LogP contribution is -2.49. The van der Waals surface area contributed by atoms with Crippen LogP contribution in [0.1, 0.15) is 31.4 Å². The first kappa shape index (κ1) is 16.5. The summed E-state index contributed by atoms with van der Waals surface area (Å²) in [6, 6.07) is 3.19. The third kappa shape index (κ3) is 3.66. The highest BCUT2D eigenvalue weighted by molar-refractivity contribution is 7.89. The molecule has 21 heavy (non-hydrogen) atoms. The molecule has 1 heterocycles. The highest BCUT2D eigenvalue weighted by atomic mass is 32.2. The highest BCUT2D eigenvalue weighted by Crippen LogP contribution is 2.33. The van der Waals surface area contributed by atoms with Gasteiger partial charge in [-0.3, -0.25) is 0 Å². The van der Waals surface area contributed by atoms with Gasteiger partial charge in [-0.25, -0.2) is 13.1 Å². The largest absolute Gasteiger partial charge is 0.447 e. The van der Waals surface area contributed by atoms with E-state index in [-0.39, 0.29) is 10.6 Å². The second-order valence-corrected chi connectivity index (χ2v) is 7.68. The summed E-state index contributed by atoms with van der Waals surface area (Å²) in [4.78, 5) is 2.30. The molecule has 1 aromatic heterocycles. The fourth-order valence-electron chi connectivity index (χ4n) is 2.93. The van der Waals surface area contributed by atoms with Crippen LogP contribution in [-0.4, -0.2) is 46.5 Å². The van der Waals surface area contributed by atoms with E-state index in [0.717, 1.165) is 6.54 Å². The van der Waals surface area contributed by atoms with E-state index in [1.165, 1.54) is 38.8 Å². The van der Waals surface area contributed by atoms with Crippen molar-refractivity contribution in [3.63, 3.8) is 0 Å². The lowest BCUT2D eigenvalue weighted by atomic mass is 9.96. The summed E-state index contributed by atoms with van der Waals surface area (Å²) < 4.78 is 30.8. The van der Waals surface area contributed by atoms with E-state index in [0.29, 0.717) is 12.3 Å². The molecule has 0 radical (unpaired) electrons. The van der Waals surface area contributed by atoms with E-state index >= 15 is 0 Å². The first-order chi connectivity index (χ1) is 9.89. The number of likely N-dealkylation sites (N-methyl/N-ethyl adjacent to an activating group) is 1. The number of nitrogens with zero attached hydrogens (tertiary/aromatic N) is 1. The standard InChI is InChI=1S/C14H25N3O3S/c1-15-21(18,19)13-7-6-12(20-13)10-16-11-14(17(2)3)8-4-5-9-14/h6-7,15-16H,4-5,8-11H2,1-3H3. The molecule has 0 amide bonds. The van der Waals surface area contributed by atoms with Crippen LogP contribution in [-0.2, 0) is 16.6 Å². The molecule has 120 valence electrons. The van der Waals surface area contributed by atoms with Gasteiger partial charge in [0.1, 0.15) is 5.76 Å². The van der Waals surface area contributed by atoms with Crippen molar-refractivity contribution in [3.05, 3.63) is 17.9 Å². The van der Waals surface area contributed by atoms with Crippen LogP contribution in [0.15, 0.2) is 21.6 Å². The Morgan fingerprint density at radius 2 is 1.95 bits per heavy atom. The summed E-state index contributed by atoms with van der Waals surface area (Å²) in [6.45, 7) is 1.42. The smallest absolute Gasteiger partial charge is 0.273 e. The quantitative estimate of drug-likeness (QED) is 0.789. The van der Waals surface area contributed by atoms with Crippen molar-refractivity contribution < 1.29 is 12.8 Å². The van der Waals surface area contributed by atoms with Crippen LogP contribution in [0.3, 0.4) is 0 Å². The second kappa shape index (κ2) is 6.48. The van der Waals surface area contributed by atoms with Gasteiger partial charge >= 0.3 is 0 Å². The SMILES string of the molecule is CNS(=O)(=O)c1ccc(CNCC2(N(C)C)CCCC2)o1. The third-order valence-electron chi connectivity index (χ3n) is 4.41. The zero-order valence-corrected chi connectivity index (χ0v) is 13.8. The normalized spacial score (nSPS) is 18.5. The monoisotopic (exact) mass is 315 g/mol. The maximum absolute atomic E-state index is 11.6. The molecule has 2 rings (SSSR count). The van der Waals surface area contributed by atoms with Crippen molar-refractivity contribution in [1.82, 2.24) is 14.9 Å². The van der Waals surface area contributed by atoms with Crippen LogP contribution >= 0.6 is 0 Å². The van der Waals surface area contributed by atoms with Crippen molar-refractivity contribution in [2.24, 2.45) is 0 Å². The van der Waals surface area contributed by atoms with E-state index in [1.54, 1.807) is 6.07 Å². The Hall–Kier alpha value is -0.890. The summed E-state index contributed by atoms with van der Waals surface area (Å²) in [7, 11) is 2.12. The van der Waals surface area contributed by atoms with Gasteiger partial charge in [0.2, 0.25) is 5.09 Å². The Morgan fingerprint density at radius 1 is 1.29 bits per heavy atom. The highest BCUT2D eigenvalue weighted by Gasteiger charge is 2.35. The fourth-order valence-corrected chi connectivity index (χ4v) is 3.60. The minimum atomic E-state index is -3.50. The van der Waals surface area contributed by atoms with Gasteiger partial charge in [-0.2, -0.15) is 0 Å².